The van der Waals surface area contributed by atoms with Crippen molar-refractivity contribution in [3.8, 4) is 22.4 Å². The minimum Gasteiger partial charge on any atom is -0.366 e. The lowest BCUT2D eigenvalue weighted by atomic mass is 9.96. The fraction of sp³-hybridized carbons (Fsp3) is 0.0870. The second kappa shape index (κ2) is 7.26. The number of nitrogens with two attached hydrogens (primary N) is 1. The normalized spacial score (nSPS) is 11.6. The van der Waals surface area contributed by atoms with Crippen LogP contribution in [0.1, 0.15) is 21.6 Å². The van der Waals surface area contributed by atoms with Gasteiger partial charge in [-0.2, -0.15) is 13.2 Å². The largest absolute Gasteiger partial charge is 0.418 e. The molecule has 1 aromatic heterocycles. The van der Waals surface area contributed by atoms with Gasteiger partial charge in [0.1, 0.15) is 5.52 Å². The molecule has 0 fully saturated rings. The first-order valence-electron chi connectivity index (χ1n) is 9.10. The van der Waals surface area contributed by atoms with Gasteiger partial charge in [0, 0.05) is 11.1 Å². The van der Waals surface area contributed by atoms with Crippen LogP contribution in [0.5, 0.6) is 0 Å². The maximum atomic E-state index is 13.3. The van der Waals surface area contributed by atoms with Crippen molar-refractivity contribution < 1.29 is 18.0 Å². The molecule has 0 radical (unpaired) electrons. The molecule has 2 N–H and O–H groups in total. The van der Waals surface area contributed by atoms with E-state index in [0.29, 0.717) is 11.3 Å². The summed E-state index contributed by atoms with van der Waals surface area (Å²) in [6.07, 6.45) is -4.54. The summed E-state index contributed by atoms with van der Waals surface area (Å²) in [4.78, 5) is 20.7. The van der Waals surface area contributed by atoms with Gasteiger partial charge in [-0.15, -0.1) is 0 Å². The lowest BCUT2D eigenvalue weighted by Gasteiger charge is -2.14. The highest BCUT2D eigenvalue weighted by atomic mass is 19.4. The summed E-state index contributed by atoms with van der Waals surface area (Å²) in [5.74, 6) is -0.659. The molecule has 0 aliphatic rings. The van der Waals surface area contributed by atoms with Crippen molar-refractivity contribution >= 4 is 16.9 Å². The smallest absolute Gasteiger partial charge is 0.366 e. The standard InChI is InChI=1S/C23H16F3N3O/c1-13-20(29-19-9-5-8-18(21(19)28-13)23(24,25)26)16-11-10-15(12-17(16)22(27)30)14-6-3-2-4-7-14/h2-12H,1H3,(H2,27,30). The molecule has 4 nitrogen and oxygen atoms in total. The van der Waals surface area contributed by atoms with Crippen LogP contribution in [0.4, 0.5) is 13.2 Å². The molecule has 0 spiro atoms. The molecule has 3 aromatic carbocycles. The van der Waals surface area contributed by atoms with Gasteiger partial charge >= 0.3 is 6.18 Å². The maximum Gasteiger partial charge on any atom is 0.418 e. The number of primary amides is 1. The van der Waals surface area contributed by atoms with Gasteiger partial charge in [0.25, 0.3) is 0 Å². The van der Waals surface area contributed by atoms with Crippen LogP contribution in [-0.2, 0) is 6.18 Å². The number of alkyl halides is 3. The van der Waals surface area contributed by atoms with E-state index in [2.05, 4.69) is 9.97 Å². The maximum absolute atomic E-state index is 13.3. The first-order chi connectivity index (χ1) is 14.3. The van der Waals surface area contributed by atoms with Crippen molar-refractivity contribution in [1.82, 2.24) is 9.97 Å². The molecule has 0 atom stereocenters. The van der Waals surface area contributed by atoms with Gasteiger partial charge < -0.3 is 5.73 Å². The van der Waals surface area contributed by atoms with E-state index in [1.165, 1.54) is 12.1 Å². The van der Waals surface area contributed by atoms with Crippen LogP contribution in [0.3, 0.4) is 0 Å². The molecule has 4 rings (SSSR count). The monoisotopic (exact) mass is 407 g/mol. The number of aromatic nitrogens is 2. The average molecular weight is 407 g/mol. The lowest BCUT2D eigenvalue weighted by Crippen LogP contribution is -2.13. The van der Waals surface area contributed by atoms with Crippen LogP contribution < -0.4 is 5.73 Å². The molecule has 0 saturated heterocycles. The summed E-state index contributed by atoms with van der Waals surface area (Å²) < 4.78 is 40.0. The fourth-order valence-corrected chi connectivity index (χ4v) is 3.41. The molecular formula is C23H16F3N3O. The minimum absolute atomic E-state index is 0.0907. The van der Waals surface area contributed by atoms with Crippen LogP contribution in [0.2, 0.25) is 0 Å². The van der Waals surface area contributed by atoms with Crippen molar-refractivity contribution in [2.45, 2.75) is 13.1 Å². The summed E-state index contributed by atoms with van der Waals surface area (Å²) in [7, 11) is 0. The van der Waals surface area contributed by atoms with Gasteiger partial charge in [-0.1, -0.05) is 48.5 Å². The molecular weight excluding hydrogens is 391 g/mol. The number of fused-ring (bicyclic) bond motifs is 1. The highest BCUT2D eigenvalue weighted by Crippen LogP contribution is 2.35. The molecule has 0 unspecified atom stereocenters. The molecule has 0 bridgehead atoms. The van der Waals surface area contributed by atoms with Gasteiger partial charge in [0.15, 0.2) is 0 Å². The van der Waals surface area contributed by atoms with Crippen LogP contribution in [0.25, 0.3) is 33.4 Å². The average Bonchev–Trinajstić information content (AvgIpc) is 2.72. The van der Waals surface area contributed by atoms with Crippen molar-refractivity contribution in [2.24, 2.45) is 5.73 Å². The Morgan fingerprint density at radius 2 is 1.63 bits per heavy atom. The molecule has 0 aliphatic carbocycles. The number of carbonyl (C=O) groups excluding carboxylic acids is 1. The molecule has 0 saturated carbocycles. The number of hydrogen-bond acceptors (Lipinski definition) is 3. The Bertz CT molecular complexity index is 1270. The number of benzene rings is 3. The Morgan fingerprint density at radius 3 is 2.30 bits per heavy atom. The number of rotatable bonds is 3. The van der Waals surface area contributed by atoms with Crippen LogP contribution in [0.15, 0.2) is 66.7 Å². The van der Waals surface area contributed by atoms with Gasteiger partial charge in [-0.3, -0.25) is 4.79 Å². The highest BCUT2D eigenvalue weighted by Gasteiger charge is 2.33. The zero-order chi connectivity index (χ0) is 21.5. The van der Waals surface area contributed by atoms with Crippen LogP contribution >= 0.6 is 0 Å². The molecule has 0 aliphatic heterocycles. The van der Waals surface area contributed by atoms with Gasteiger partial charge in [-0.05, 0) is 36.2 Å². The van der Waals surface area contributed by atoms with Crippen molar-refractivity contribution in [1.29, 1.82) is 0 Å². The van der Waals surface area contributed by atoms with E-state index in [4.69, 9.17) is 5.73 Å². The van der Waals surface area contributed by atoms with Crippen LogP contribution in [-0.4, -0.2) is 15.9 Å². The van der Waals surface area contributed by atoms with E-state index in [1.54, 1.807) is 19.1 Å². The number of amides is 1. The topological polar surface area (TPSA) is 68.9 Å². The highest BCUT2D eigenvalue weighted by molar-refractivity contribution is 6.01. The van der Waals surface area contributed by atoms with E-state index < -0.39 is 17.6 Å². The molecule has 7 heteroatoms. The predicted molar refractivity (Wildman–Crippen MR) is 109 cm³/mol. The molecule has 1 amide bonds. The third-order valence-corrected chi connectivity index (χ3v) is 4.82. The number of carbonyl (C=O) groups is 1. The summed E-state index contributed by atoms with van der Waals surface area (Å²) >= 11 is 0. The Kier molecular flexibility index (Phi) is 4.73. The van der Waals surface area contributed by atoms with E-state index in [0.717, 1.165) is 17.2 Å². The second-order valence-corrected chi connectivity index (χ2v) is 6.82. The van der Waals surface area contributed by atoms with E-state index in [9.17, 15) is 18.0 Å². The van der Waals surface area contributed by atoms with E-state index in [-0.39, 0.29) is 22.3 Å². The van der Waals surface area contributed by atoms with Crippen LogP contribution in [0, 0.1) is 6.92 Å². The Balaban J connectivity index is 1.92. The summed E-state index contributed by atoms with van der Waals surface area (Å²) in [6, 6.07) is 18.3. The van der Waals surface area contributed by atoms with Gasteiger partial charge in [0.2, 0.25) is 5.91 Å². The number of hydrogen-bond donors (Lipinski definition) is 1. The second-order valence-electron chi connectivity index (χ2n) is 6.82. The molecule has 150 valence electrons. The van der Waals surface area contributed by atoms with Crippen molar-refractivity contribution in [3.05, 3.63) is 83.6 Å². The quantitative estimate of drug-likeness (QED) is 0.495. The van der Waals surface area contributed by atoms with Crippen molar-refractivity contribution in [2.75, 3.05) is 0 Å². The molecule has 30 heavy (non-hydrogen) atoms. The summed E-state index contributed by atoms with van der Waals surface area (Å²) in [5.41, 5.74) is 7.55. The zero-order valence-corrected chi connectivity index (χ0v) is 15.9. The fourth-order valence-electron chi connectivity index (χ4n) is 3.41. The minimum atomic E-state index is -4.54. The molecule has 1 heterocycles. The first-order valence-corrected chi connectivity index (χ1v) is 9.10. The summed E-state index contributed by atoms with van der Waals surface area (Å²) in [5, 5.41) is 0. The number of halogens is 3. The van der Waals surface area contributed by atoms with E-state index >= 15 is 0 Å². The third kappa shape index (κ3) is 3.50. The van der Waals surface area contributed by atoms with E-state index in [1.807, 2.05) is 36.4 Å². The Morgan fingerprint density at radius 1 is 0.900 bits per heavy atom. The first kappa shape index (κ1) is 19.6. The number of aryl methyl sites for hydroxylation is 1. The van der Waals surface area contributed by atoms with Gasteiger partial charge in [-0.25, -0.2) is 9.97 Å². The Hall–Kier alpha value is -3.74. The van der Waals surface area contributed by atoms with Crippen molar-refractivity contribution in [3.63, 3.8) is 0 Å². The van der Waals surface area contributed by atoms with Gasteiger partial charge in [0.05, 0.1) is 22.5 Å². The number of para-hydroxylation sites is 1. The lowest BCUT2D eigenvalue weighted by molar-refractivity contribution is -0.136. The molecule has 4 aromatic rings. The predicted octanol–water partition coefficient (Wildman–Crippen LogP) is 5.39. The SMILES string of the molecule is Cc1nc2c(C(F)(F)F)cccc2nc1-c1ccc(-c2ccccc2)cc1C(N)=O. The third-order valence-electron chi connectivity index (χ3n) is 4.82. The Labute approximate surface area is 170 Å². The zero-order valence-electron chi connectivity index (χ0n) is 15.9. The number of nitrogens with zero attached hydrogens (tertiary/aromatic N) is 2. The summed E-state index contributed by atoms with van der Waals surface area (Å²) in [6.45, 7) is 1.56.